The van der Waals surface area contributed by atoms with Crippen LogP contribution in [0.25, 0.3) is 0 Å². The molecule has 0 fully saturated rings. The third kappa shape index (κ3) is 42.5. The number of benzene rings is 1. The van der Waals surface area contributed by atoms with Crippen molar-refractivity contribution in [1.82, 2.24) is 72.1 Å². The SMILES string of the molecule is CC(C)NCc1cc(N(C)S(C)(=O)=O)ccn1.CC(C)NCc1cccc(N(C)C)c1.CC(C)NCc1cccc(N(C)C)n1.CC(C)NCc1ccnc(N(C)C)c1.CC(C)NCc1cnc(N(C)S(C)(=O)=O)[nH]1.CC(C)NCc1cncc(N(C)C)c1.CC(C)NCc1csc(N(C)C)n1. The summed E-state index contributed by atoms with van der Waals surface area (Å²) >= 11 is 1.68. The van der Waals surface area contributed by atoms with Crippen LogP contribution in [0.4, 0.5) is 39.8 Å². The minimum absolute atomic E-state index is 0.336. The first kappa shape index (κ1) is 92.9. The van der Waals surface area contributed by atoms with E-state index in [4.69, 9.17) is 0 Å². The van der Waals surface area contributed by atoms with Crippen LogP contribution in [0.3, 0.4) is 0 Å². The molecule has 0 spiro atoms. The molecule has 0 unspecified atom stereocenters. The number of rotatable bonds is 30. The highest BCUT2D eigenvalue weighted by molar-refractivity contribution is 7.92. The predicted molar refractivity (Wildman–Crippen MR) is 436 cm³/mol. The van der Waals surface area contributed by atoms with Gasteiger partial charge >= 0.3 is 0 Å². The molecule has 0 amide bonds. The molecule has 6 aromatic heterocycles. The lowest BCUT2D eigenvalue weighted by Crippen LogP contribution is -2.26. The van der Waals surface area contributed by atoms with Gasteiger partial charge in [0.15, 0.2) is 5.13 Å². The predicted octanol–water partition coefficient (Wildman–Crippen LogP) is 10.2. The summed E-state index contributed by atoms with van der Waals surface area (Å²) < 4.78 is 47.7. The summed E-state index contributed by atoms with van der Waals surface area (Å²) in [6, 6.07) is 27.8. The second-order valence-corrected chi connectivity index (χ2v) is 32.6. The van der Waals surface area contributed by atoms with E-state index in [9.17, 15) is 16.8 Å². The Morgan fingerprint density at radius 3 is 1.34 bits per heavy atom. The van der Waals surface area contributed by atoms with Crippen molar-refractivity contribution in [2.24, 2.45) is 0 Å². The van der Waals surface area contributed by atoms with Crippen molar-refractivity contribution in [3.05, 3.63) is 149 Å². The van der Waals surface area contributed by atoms with Crippen molar-refractivity contribution in [1.29, 1.82) is 0 Å². The van der Waals surface area contributed by atoms with Crippen LogP contribution in [0.15, 0.2) is 109 Å². The number of nitrogens with one attached hydrogen (secondary N) is 8. The van der Waals surface area contributed by atoms with Gasteiger partial charge in [-0.05, 0) is 71.3 Å². The van der Waals surface area contributed by atoms with E-state index in [1.807, 2.05) is 142 Å². The molecule has 0 aliphatic rings. The number of sulfonamides is 2. The maximum absolute atomic E-state index is 11.4. The highest BCUT2D eigenvalue weighted by Gasteiger charge is 2.16. The van der Waals surface area contributed by atoms with Crippen LogP contribution in [0.2, 0.25) is 0 Å². The van der Waals surface area contributed by atoms with Crippen molar-refractivity contribution >= 4 is 71.2 Å². The molecule has 0 aliphatic heterocycles. The van der Waals surface area contributed by atoms with Crippen molar-refractivity contribution in [2.45, 2.75) is 185 Å². The number of imidazole rings is 1. The molecule has 574 valence electrons. The van der Waals surface area contributed by atoms with Crippen LogP contribution in [0.1, 0.15) is 136 Å². The van der Waals surface area contributed by atoms with Gasteiger partial charge in [-0.15, -0.1) is 11.3 Å². The van der Waals surface area contributed by atoms with Crippen LogP contribution in [0.5, 0.6) is 0 Å². The summed E-state index contributed by atoms with van der Waals surface area (Å²) in [4.78, 5) is 38.8. The van der Waals surface area contributed by atoms with Crippen molar-refractivity contribution in [2.75, 3.05) is 130 Å². The van der Waals surface area contributed by atoms with E-state index in [0.717, 1.165) is 88.5 Å². The topological polar surface area (TPSA) is 268 Å². The van der Waals surface area contributed by atoms with E-state index < -0.39 is 20.0 Å². The van der Waals surface area contributed by atoms with Gasteiger partial charge in [-0.3, -0.25) is 14.3 Å². The highest BCUT2D eigenvalue weighted by Crippen LogP contribution is 2.19. The molecule has 0 saturated carbocycles. The normalized spacial score (nSPS) is 11.1. The van der Waals surface area contributed by atoms with Gasteiger partial charge in [-0.1, -0.05) is 115 Å². The standard InChI is InChI=1S/C12H20N2.C11H19N3O2S.3C11H19N3.C9H18N4O2S.C9H17N3S/c1-10(2)13-9-11-6-5-7-12(8-11)14(3)4;1-9(2)13-8-10-7-11(5-6-12-10)14(3)17(4,15)16;1-9(2)13-7-10-5-11(14(3)4)8-12-6-10;1-9(2)13-8-10-5-6-12-11(7-10)14(3)4;1-9(2)12-8-10-6-5-7-11(13-10)14(3)4;1-7(2)10-5-8-6-11-9(12-8)13(3)16(4,14)15;1-7(2)10-5-8-6-13-9(11-8)12(3)4/h5-8,10,13H,9H2,1-4H3;5-7,9,13H,8H2,1-4H3;5-6,8-9,13H,7H2,1-4H3;5-7,9,13H,8H2,1-4H3;5-7,9,12H,8H2,1-4H3;6-7,10H,5H2,1-4H3,(H,11,12);6-7,10H,5H2,1-4H3. The zero-order valence-electron chi connectivity index (χ0n) is 67.1. The fourth-order valence-corrected chi connectivity index (χ4v) is 9.54. The second kappa shape index (κ2) is 48.8. The van der Waals surface area contributed by atoms with Crippen molar-refractivity contribution in [3.63, 3.8) is 0 Å². The molecule has 0 aliphatic carbocycles. The van der Waals surface area contributed by atoms with Gasteiger partial charge in [-0.25, -0.2) is 41.1 Å². The second-order valence-electron chi connectivity index (χ2n) is 27.8. The molecule has 1 aromatic carbocycles. The number of aromatic amines is 1. The van der Waals surface area contributed by atoms with Gasteiger partial charge in [0, 0.05) is 202 Å². The summed E-state index contributed by atoms with van der Waals surface area (Å²) in [5, 5.41) is 26.5. The van der Waals surface area contributed by atoms with Crippen LogP contribution in [0, 0.1) is 0 Å². The molecule has 0 bridgehead atoms. The third-order valence-electron chi connectivity index (χ3n) is 14.2. The zero-order valence-corrected chi connectivity index (χ0v) is 69.5. The third-order valence-corrected chi connectivity index (χ3v) is 17.6. The average molecular weight is 1480 g/mol. The smallest absolute Gasteiger partial charge is 0.234 e. The lowest BCUT2D eigenvalue weighted by molar-refractivity contribution is 0.581. The fraction of sp³-hybridized carbons (Fsp3) is 0.568. The first-order chi connectivity index (χ1) is 47.6. The van der Waals surface area contributed by atoms with E-state index in [2.05, 4.69) is 207 Å². The van der Waals surface area contributed by atoms with Crippen LogP contribution >= 0.6 is 11.3 Å². The first-order valence-electron chi connectivity index (χ1n) is 34.8. The monoisotopic (exact) mass is 1470 g/mol. The van der Waals surface area contributed by atoms with E-state index in [-0.39, 0.29) is 0 Å². The Hall–Kier alpha value is -7.12. The summed E-state index contributed by atoms with van der Waals surface area (Å²) in [5.41, 5.74) is 10.8. The van der Waals surface area contributed by atoms with E-state index in [1.165, 1.54) is 47.0 Å². The Morgan fingerprint density at radius 1 is 0.392 bits per heavy atom. The molecular weight excluding hydrogens is 1340 g/mol. The molecule has 7 rings (SSSR count). The molecule has 6 heterocycles. The Kier molecular flexibility index (Phi) is 44.4. The molecule has 102 heavy (non-hydrogen) atoms. The maximum Gasteiger partial charge on any atom is 0.234 e. The minimum Gasteiger partial charge on any atom is -0.378 e. The van der Waals surface area contributed by atoms with Crippen molar-refractivity contribution in [3.8, 4) is 0 Å². The molecule has 0 radical (unpaired) electrons. The average Bonchev–Trinajstić information content (AvgIpc) is 1.43. The molecule has 0 saturated heterocycles. The number of hydrogen-bond donors (Lipinski definition) is 8. The Labute approximate surface area is 620 Å². The number of aromatic nitrogens is 7. The number of nitrogens with zero attached hydrogens (tertiary/aromatic N) is 13. The van der Waals surface area contributed by atoms with Gasteiger partial charge in [0.25, 0.3) is 0 Å². The quantitative estimate of drug-likeness (QED) is 0.0208. The van der Waals surface area contributed by atoms with Crippen LogP contribution in [-0.4, -0.2) is 191 Å². The lowest BCUT2D eigenvalue weighted by atomic mass is 10.2. The van der Waals surface area contributed by atoms with Crippen LogP contribution < -0.4 is 70.3 Å². The number of hydrogen-bond acceptors (Lipinski definition) is 23. The number of pyridine rings is 4. The summed E-state index contributed by atoms with van der Waals surface area (Å²) in [6.07, 6.45) is 11.2. The van der Waals surface area contributed by atoms with Gasteiger partial charge in [0.05, 0.1) is 59.1 Å². The van der Waals surface area contributed by atoms with Gasteiger partial charge in [-0.2, -0.15) is 0 Å². The summed E-state index contributed by atoms with van der Waals surface area (Å²) in [6.45, 7) is 35.3. The van der Waals surface area contributed by atoms with E-state index in [0.29, 0.717) is 67.0 Å². The Balaban J connectivity index is 0.000000596. The lowest BCUT2D eigenvalue weighted by Gasteiger charge is -2.17. The first-order valence-corrected chi connectivity index (χ1v) is 39.4. The molecule has 7 aromatic rings. The molecule has 0 atom stereocenters. The van der Waals surface area contributed by atoms with E-state index >= 15 is 0 Å². The molecule has 28 heteroatoms. The maximum atomic E-state index is 11.4. The van der Waals surface area contributed by atoms with Gasteiger partial charge in [0.1, 0.15) is 11.6 Å². The number of thiazole rings is 1. The number of H-pyrrole nitrogens is 1. The zero-order chi connectivity index (χ0) is 77.5. The van der Waals surface area contributed by atoms with Crippen molar-refractivity contribution < 1.29 is 16.8 Å². The number of anilines is 7. The highest BCUT2D eigenvalue weighted by atomic mass is 32.2. The fourth-order valence-electron chi connectivity index (χ4n) is 7.88. The van der Waals surface area contributed by atoms with E-state index in [1.54, 1.807) is 35.9 Å². The molecule has 25 nitrogen and oxygen atoms in total. The van der Waals surface area contributed by atoms with Crippen LogP contribution in [-0.2, 0) is 65.9 Å². The molecular formula is C74H131N21O4S3. The summed E-state index contributed by atoms with van der Waals surface area (Å²) in [7, 11) is 16.7. The van der Waals surface area contributed by atoms with Gasteiger partial charge < -0.3 is 66.7 Å². The Bertz CT molecular complexity index is 3360. The Morgan fingerprint density at radius 2 is 0.853 bits per heavy atom. The minimum atomic E-state index is -3.25. The largest absolute Gasteiger partial charge is 0.378 e. The van der Waals surface area contributed by atoms with Gasteiger partial charge in [0.2, 0.25) is 26.0 Å². The summed E-state index contributed by atoms with van der Waals surface area (Å²) in [5.74, 6) is 2.35. The molecule has 8 N–H and O–H groups in total.